The number of amides is 3. The SMILES string of the molecule is COc1ccc(C(=O)N(c2ccc(F)cc2)C2(C(=O)NCc3ccccc3)CCN(C(C)=O)CC2)cc1. The number of nitrogens with zero attached hydrogens (tertiary/aromatic N) is 2. The van der Waals surface area contributed by atoms with Crippen molar-refractivity contribution in [3.63, 3.8) is 0 Å². The third-order valence-electron chi connectivity index (χ3n) is 6.81. The number of benzene rings is 3. The summed E-state index contributed by atoms with van der Waals surface area (Å²) in [5.41, 5.74) is 0.375. The molecule has 4 rings (SSSR count). The Labute approximate surface area is 215 Å². The number of likely N-dealkylation sites (tertiary alicyclic amines) is 1. The van der Waals surface area contributed by atoms with Crippen LogP contribution in [0.3, 0.4) is 0 Å². The van der Waals surface area contributed by atoms with Crippen molar-refractivity contribution in [3.8, 4) is 5.75 Å². The van der Waals surface area contributed by atoms with Crippen LogP contribution in [-0.2, 0) is 16.1 Å². The Kier molecular flexibility index (Phi) is 7.86. The molecule has 3 amide bonds. The molecular weight excluding hydrogens is 473 g/mol. The molecule has 0 bridgehead atoms. The van der Waals surface area contributed by atoms with Gasteiger partial charge >= 0.3 is 0 Å². The topological polar surface area (TPSA) is 79.0 Å². The first-order valence-corrected chi connectivity index (χ1v) is 12.2. The van der Waals surface area contributed by atoms with Gasteiger partial charge in [0.2, 0.25) is 11.8 Å². The largest absolute Gasteiger partial charge is 0.497 e. The quantitative estimate of drug-likeness (QED) is 0.525. The number of halogens is 1. The number of carbonyl (C=O) groups excluding carboxylic acids is 3. The summed E-state index contributed by atoms with van der Waals surface area (Å²) < 4.78 is 19.1. The van der Waals surface area contributed by atoms with Gasteiger partial charge in [-0.1, -0.05) is 30.3 Å². The van der Waals surface area contributed by atoms with Crippen molar-refractivity contribution in [2.75, 3.05) is 25.1 Å². The molecule has 0 spiro atoms. The van der Waals surface area contributed by atoms with Crippen LogP contribution in [0.25, 0.3) is 0 Å². The van der Waals surface area contributed by atoms with Crippen molar-refractivity contribution >= 4 is 23.4 Å². The molecule has 8 heteroatoms. The van der Waals surface area contributed by atoms with Crippen LogP contribution in [0.4, 0.5) is 10.1 Å². The summed E-state index contributed by atoms with van der Waals surface area (Å²) in [6.07, 6.45) is 0.457. The number of piperidine rings is 1. The Bertz CT molecular complexity index is 1240. The predicted molar refractivity (Wildman–Crippen MR) is 139 cm³/mol. The van der Waals surface area contributed by atoms with Crippen LogP contribution in [-0.4, -0.2) is 48.4 Å². The van der Waals surface area contributed by atoms with Gasteiger partial charge < -0.3 is 15.0 Å². The first kappa shape index (κ1) is 25.9. The highest BCUT2D eigenvalue weighted by Gasteiger charge is 2.49. The molecule has 1 aliphatic rings. The summed E-state index contributed by atoms with van der Waals surface area (Å²) >= 11 is 0. The van der Waals surface area contributed by atoms with E-state index >= 15 is 0 Å². The van der Waals surface area contributed by atoms with Crippen molar-refractivity contribution in [1.29, 1.82) is 0 Å². The van der Waals surface area contributed by atoms with Crippen molar-refractivity contribution in [2.45, 2.75) is 31.8 Å². The summed E-state index contributed by atoms with van der Waals surface area (Å²) in [5, 5.41) is 3.01. The second kappa shape index (κ2) is 11.2. The van der Waals surface area contributed by atoms with E-state index in [4.69, 9.17) is 4.74 Å². The highest BCUT2D eigenvalue weighted by Crippen LogP contribution is 2.36. The molecule has 1 N–H and O–H groups in total. The average Bonchev–Trinajstić information content (AvgIpc) is 2.93. The van der Waals surface area contributed by atoms with Crippen LogP contribution in [0.2, 0.25) is 0 Å². The second-order valence-corrected chi connectivity index (χ2v) is 9.05. The first-order chi connectivity index (χ1) is 17.8. The summed E-state index contributed by atoms with van der Waals surface area (Å²) in [5.74, 6) is -0.677. The normalized spacial score (nSPS) is 14.5. The van der Waals surface area contributed by atoms with Crippen LogP contribution < -0.4 is 15.0 Å². The maximum absolute atomic E-state index is 14.1. The maximum Gasteiger partial charge on any atom is 0.259 e. The lowest BCUT2D eigenvalue weighted by Crippen LogP contribution is -2.65. The van der Waals surface area contributed by atoms with Crippen molar-refractivity contribution < 1.29 is 23.5 Å². The van der Waals surface area contributed by atoms with E-state index in [0.717, 1.165) is 5.56 Å². The third-order valence-corrected chi connectivity index (χ3v) is 6.81. The molecule has 0 aliphatic carbocycles. The molecule has 0 aromatic heterocycles. The Morgan fingerprint density at radius 3 is 2.14 bits per heavy atom. The molecule has 0 saturated carbocycles. The van der Waals surface area contributed by atoms with E-state index in [0.29, 0.717) is 30.1 Å². The summed E-state index contributed by atoms with van der Waals surface area (Å²) in [7, 11) is 1.54. The van der Waals surface area contributed by atoms with E-state index in [-0.39, 0.29) is 31.2 Å². The van der Waals surface area contributed by atoms with Crippen LogP contribution in [0, 0.1) is 5.82 Å². The number of rotatable bonds is 7. The standard InChI is InChI=1S/C29H30FN3O4/c1-21(34)32-18-16-29(17-19-32,28(36)31-20-22-6-4-3-5-7-22)33(25-12-10-24(30)11-13-25)27(35)23-8-14-26(37-2)15-9-23/h3-15H,16-20H2,1-2H3,(H,31,36). The summed E-state index contributed by atoms with van der Waals surface area (Å²) in [6, 6.07) is 21.7. The van der Waals surface area contributed by atoms with Crippen molar-refractivity contribution in [3.05, 3.63) is 95.8 Å². The predicted octanol–water partition coefficient (Wildman–Crippen LogP) is 4.18. The fourth-order valence-corrected chi connectivity index (χ4v) is 4.70. The van der Waals surface area contributed by atoms with E-state index in [1.807, 2.05) is 30.3 Å². The number of methoxy groups -OCH3 is 1. The number of anilines is 1. The Hall–Kier alpha value is -4.20. The van der Waals surface area contributed by atoms with Crippen LogP contribution >= 0.6 is 0 Å². The van der Waals surface area contributed by atoms with Gasteiger partial charge in [0, 0.05) is 37.8 Å². The van der Waals surface area contributed by atoms with E-state index < -0.39 is 17.3 Å². The lowest BCUT2D eigenvalue weighted by molar-refractivity contribution is -0.135. The van der Waals surface area contributed by atoms with Crippen LogP contribution in [0.15, 0.2) is 78.9 Å². The zero-order valence-corrected chi connectivity index (χ0v) is 20.9. The molecule has 3 aromatic carbocycles. The Balaban J connectivity index is 1.76. The number of hydrogen-bond acceptors (Lipinski definition) is 4. The zero-order valence-electron chi connectivity index (χ0n) is 20.9. The van der Waals surface area contributed by atoms with E-state index in [1.165, 1.54) is 43.2 Å². The average molecular weight is 504 g/mol. The molecular formula is C29H30FN3O4. The Morgan fingerprint density at radius 1 is 0.946 bits per heavy atom. The monoisotopic (exact) mass is 503 g/mol. The van der Waals surface area contributed by atoms with E-state index in [9.17, 15) is 18.8 Å². The first-order valence-electron chi connectivity index (χ1n) is 12.2. The number of ether oxygens (including phenoxy) is 1. The molecule has 0 atom stereocenters. The van der Waals surface area contributed by atoms with Crippen molar-refractivity contribution in [1.82, 2.24) is 10.2 Å². The van der Waals surface area contributed by atoms with E-state index in [2.05, 4.69) is 5.32 Å². The second-order valence-electron chi connectivity index (χ2n) is 9.05. The third kappa shape index (κ3) is 5.63. The molecule has 192 valence electrons. The van der Waals surface area contributed by atoms with Gasteiger partial charge in [0.15, 0.2) is 0 Å². The minimum atomic E-state index is -1.30. The Morgan fingerprint density at radius 2 is 1.57 bits per heavy atom. The summed E-state index contributed by atoms with van der Waals surface area (Å²) in [4.78, 5) is 43.3. The van der Waals surface area contributed by atoms with Gasteiger partial charge in [0.1, 0.15) is 17.1 Å². The van der Waals surface area contributed by atoms with Gasteiger partial charge in [-0.15, -0.1) is 0 Å². The smallest absolute Gasteiger partial charge is 0.259 e. The molecule has 0 unspecified atom stereocenters. The number of hydrogen-bond donors (Lipinski definition) is 1. The van der Waals surface area contributed by atoms with Crippen LogP contribution in [0.5, 0.6) is 5.75 Å². The molecule has 37 heavy (non-hydrogen) atoms. The molecule has 1 fully saturated rings. The highest BCUT2D eigenvalue weighted by atomic mass is 19.1. The minimum Gasteiger partial charge on any atom is -0.497 e. The van der Waals surface area contributed by atoms with Gasteiger partial charge in [0.25, 0.3) is 5.91 Å². The molecule has 1 aliphatic heterocycles. The maximum atomic E-state index is 14.1. The molecule has 1 heterocycles. The lowest BCUT2D eigenvalue weighted by Gasteiger charge is -2.47. The van der Waals surface area contributed by atoms with Crippen molar-refractivity contribution in [2.24, 2.45) is 0 Å². The molecule has 1 saturated heterocycles. The van der Waals surface area contributed by atoms with E-state index in [1.54, 1.807) is 29.2 Å². The summed E-state index contributed by atoms with van der Waals surface area (Å²) in [6.45, 7) is 2.39. The zero-order chi connectivity index (χ0) is 26.4. The van der Waals surface area contributed by atoms with Gasteiger partial charge in [0.05, 0.1) is 7.11 Å². The lowest BCUT2D eigenvalue weighted by atomic mass is 9.83. The van der Waals surface area contributed by atoms with Gasteiger partial charge in [-0.25, -0.2) is 4.39 Å². The fourth-order valence-electron chi connectivity index (χ4n) is 4.70. The number of carbonyl (C=O) groups is 3. The minimum absolute atomic E-state index is 0.0897. The van der Waals surface area contributed by atoms with Gasteiger partial charge in [-0.3, -0.25) is 19.3 Å². The van der Waals surface area contributed by atoms with Gasteiger partial charge in [-0.05, 0) is 66.9 Å². The van der Waals surface area contributed by atoms with Crippen LogP contribution in [0.1, 0.15) is 35.7 Å². The molecule has 0 radical (unpaired) electrons. The fraction of sp³-hybridized carbons (Fsp3) is 0.276. The molecule has 3 aromatic rings. The molecule has 7 nitrogen and oxygen atoms in total. The van der Waals surface area contributed by atoms with Gasteiger partial charge in [-0.2, -0.15) is 0 Å². The number of nitrogens with one attached hydrogen (secondary N) is 1. The highest BCUT2D eigenvalue weighted by molar-refractivity contribution is 6.11.